The van der Waals surface area contributed by atoms with Crippen molar-refractivity contribution in [3.05, 3.63) is 36.5 Å². The standard InChI is InChI=1S/C19H23N3OS2/c1-13-6-3-7-14(2)22(13)19(24)25-12-18(23)21-17-10-4-9-16-15(17)8-5-11-20-16/h4-5,8-11,13-14H,3,6-7,12H2,1-2H3,(H,21,23)/t13-,14-/m1/s1. The van der Waals surface area contributed by atoms with Crippen LogP contribution in [-0.2, 0) is 4.79 Å². The topological polar surface area (TPSA) is 45.2 Å². The molecule has 2 heterocycles. The van der Waals surface area contributed by atoms with Crippen molar-refractivity contribution in [2.75, 3.05) is 11.1 Å². The first-order valence-electron chi connectivity index (χ1n) is 8.65. The molecular weight excluding hydrogens is 350 g/mol. The number of hydrogen-bond donors (Lipinski definition) is 1. The average Bonchev–Trinajstić information content (AvgIpc) is 2.60. The van der Waals surface area contributed by atoms with Crippen molar-refractivity contribution in [3.63, 3.8) is 0 Å². The number of aromatic nitrogens is 1. The molecule has 132 valence electrons. The number of fused-ring (bicyclic) bond motifs is 1. The first kappa shape index (κ1) is 18.1. The summed E-state index contributed by atoms with van der Waals surface area (Å²) in [5.74, 6) is 0.284. The molecule has 2 aromatic rings. The van der Waals surface area contributed by atoms with Gasteiger partial charge in [-0.2, -0.15) is 0 Å². The van der Waals surface area contributed by atoms with E-state index in [0.29, 0.717) is 17.8 Å². The molecule has 25 heavy (non-hydrogen) atoms. The van der Waals surface area contributed by atoms with E-state index in [1.54, 1.807) is 6.20 Å². The Morgan fingerprint density at radius 3 is 2.80 bits per heavy atom. The molecule has 6 heteroatoms. The number of nitrogens with zero attached hydrogens (tertiary/aromatic N) is 2. The number of thiocarbonyl (C=S) groups is 1. The van der Waals surface area contributed by atoms with Crippen LogP contribution < -0.4 is 5.32 Å². The lowest BCUT2D eigenvalue weighted by Crippen LogP contribution is -2.45. The molecule has 0 bridgehead atoms. The fourth-order valence-corrected chi connectivity index (χ4v) is 4.75. The van der Waals surface area contributed by atoms with Gasteiger partial charge in [0.15, 0.2) is 0 Å². The molecule has 0 spiro atoms. The molecule has 2 atom stereocenters. The predicted molar refractivity (Wildman–Crippen MR) is 110 cm³/mol. The third kappa shape index (κ3) is 4.30. The Bertz CT molecular complexity index is 765. The lowest BCUT2D eigenvalue weighted by atomic mass is 9.99. The number of carbonyl (C=O) groups excluding carboxylic acids is 1. The zero-order valence-corrected chi connectivity index (χ0v) is 16.2. The van der Waals surface area contributed by atoms with Crippen molar-refractivity contribution in [1.29, 1.82) is 0 Å². The molecule has 1 saturated heterocycles. The Morgan fingerprint density at radius 2 is 2.04 bits per heavy atom. The van der Waals surface area contributed by atoms with Crippen molar-refractivity contribution in [2.45, 2.75) is 45.2 Å². The molecule has 0 aliphatic carbocycles. The monoisotopic (exact) mass is 373 g/mol. The van der Waals surface area contributed by atoms with Crippen molar-refractivity contribution in [1.82, 2.24) is 9.88 Å². The van der Waals surface area contributed by atoms with Gasteiger partial charge >= 0.3 is 0 Å². The maximum atomic E-state index is 12.4. The van der Waals surface area contributed by atoms with Gasteiger partial charge in [0.1, 0.15) is 4.32 Å². The number of likely N-dealkylation sites (tertiary alicyclic amines) is 1. The van der Waals surface area contributed by atoms with Crippen molar-refractivity contribution in [3.8, 4) is 0 Å². The molecule has 1 fully saturated rings. The molecule has 1 aromatic carbocycles. The van der Waals surface area contributed by atoms with Crippen LogP contribution in [0.2, 0.25) is 0 Å². The Balaban J connectivity index is 1.60. The summed E-state index contributed by atoms with van der Waals surface area (Å²) in [5, 5.41) is 3.94. The molecule has 1 aromatic heterocycles. The van der Waals surface area contributed by atoms with Crippen LogP contribution in [0.3, 0.4) is 0 Å². The molecule has 1 aliphatic rings. The number of piperidine rings is 1. The number of carbonyl (C=O) groups is 1. The van der Waals surface area contributed by atoms with Gasteiger partial charge in [-0.1, -0.05) is 30.0 Å². The Labute approximate surface area is 158 Å². The minimum Gasteiger partial charge on any atom is -0.352 e. The van der Waals surface area contributed by atoms with E-state index in [4.69, 9.17) is 12.2 Å². The highest BCUT2D eigenvalue weighted by Crippen LogP contribution is 2.27. The van der Waals surface area contributed by atoms with Crippen LogP contribution >= 0.6 is 24.0 Å². The fourth-order valence-electron chi connectivity index (χ4n) is 3.38. The van der Waals surface area contributed by atoms with E-state index in [1.165, 1.54) is 31.0 Å². The third-order valence-electron chi connectivity index (χ3n) is 4.65. The highest BCUT2D eigenvalue weighted by molar-refractivity contribution is 8.23. The Morgan fingerprint density at radius 1 is 1.28 bits per heavy atom. The van der Waals surface area contributed by atoms with Gasteiger partial charge in [0, 0.05) is 23.7 Å². The number of nitrogens with one attached hydrogen (secondary N) is 1. The van der Waals surface area contributed by atoms with Gasteiger partial charge in [-0.05, 0) is 57.4 Å². The molecule has 1 amide bonds. The van der Waals surface area contributed by atoms with E-state index in [2.05, 4.69) is 29.0 Å². The molecular formula is C19H23N3OS2. The minimum absolute atomic E-state index is 0.0407. The van der Waals surface area contributed by atoms with Crippen LogP contribution in [0.1, 0.15) is 33.1 Å². The second-order valence-corrected chi connectivity index (χ2v) is 8.12. The van der Waals surface area contributed by atoms with E-state index in [1.807, 2.05) is 30.3 Å². The normalized spacial score (nSPS) is 20.5. The SMILES string of the molecule is C[C@@H]1CCC[C@@H](C)N1C(=S)SCC(=O)Nc1cccc2ncccc12. The summed E-state index contributed by atoms with van der Waals surface area (Å²) in [6, 6.07) is 10.5. The van der Waals surface area contributed by atoms with Crippen molar-refractivity contribution >= 4 is 50.8 Å². The molecule has 3 rings (SSSR count). The zero-order chi connectivity index (χ0) is 17.8. The molecule has 1 N–H and O–H groups in total. The summed E-state index contributed by atoms with van der Waals surface area (Å²) in [5.41, 5.74) is 1.67. The molecule has 0 radical (unpaired) electrons. The lowest BCUT2D eigenvalue weighted by molar-refractivity contribution is -0.113. The summed E-state index contributed by atoms with van der Waals surface area (Å²) in [4.78, 5) is 19.0. The summed E-state index contributed by atoms with van der Waals surface area (Å²) < 4.78 is 0.828. The Kier molecular flexibility index (Phi) is 5.91. The molecule has 1 aliphatic heterocycles. The van der Waals surface area contributed by atoms with Crippen LogP contribution in [0, 0.1) is 0 Å². The number of pyridine rings is 1. The van der Waals surface area contributed by atoms with Gasteiger partial charge in [-0.15, -0.1) is 0 Å². The van der Waals surface area contributed by atoms with Gasteiger partial charge in [-0.3, -0.25) is 9.78 Å². The maximum Gasteiger partial charge on any atom is 0.234 e. The van der Waals surface area contributed by atoms with E-state index >= 15 is 0 Å². The summed E-state index contributed by atoms with van der Waals surface area (Å²) in [7, 11) is 0. The summed E-state index contributed by atoms with van der Waals surface area (Å²) in [6.07, 6.45) is 5.34. The summed E-state index contributed by atoms with van der Waals surface area (Å²) >= 11 is 7.04. The van der Waals surface area contributed by atoms with Crippen LogP contribution in [0.5, 0.6) is 0 Å². The Hall–Kier alpha value is -1.66. The van der Waals surface area contributed by atoms with Crippen molar-refractivity contribution < 1.29 is 4.79 Å². The number of rotatable bonds is 3. The first-order valence-corrected chi connectivity index (χ1v) is 10.0. The van der Waals surface area contributed by atoms with E-state index in [9.17, 15) is 4.79 Å². The van der Waals surface area contributed by atoms with E-state index < -0.39 is 0 Å². The van der Waals surface area contributed by atoms with Crippen LogP contribution in [0.25, 0.3) is 10.9 Å². The maximum absolute atomic E-state index is 12.4. The zero-order valence-electron chi connectivity index (χ0n) is 14.6. The minimum atomic E-state index is -0.0407. The number of benzene rings is 1. The quantitative estimate of drug-likeness (QED) is 0.805. The molecule has 0 unspecified atom stereocenters. The molecule has 4 nitrogen and oxygen atoms in total. The second-order valence-electron chi connectivity index (χ2n) is 6.51. The highest BCUT2D eigenvalue weighted by atomic mass is 32.2. The second kappa shape index (κ2) is 8.15. The van der Waals surface area contributed by atoms with Gasteiger partial charge in [0.2, 0.25) is 5.91 Å². The van der Waals surface area contributed by atoms with E-state index in [-0.39, 0.29) is 5.91 Å². The molecule has 0 saturated carbocycles. The van der Waals surface area contributed by atoms with Crippen LogP contribution in [0.15, 0.2) is 36.5 Å². The number of anilines is 1. The summed E-state index contributed by atoms with van der Waals surface area (Å²) in [6.45, 7) is 4.43. The smallest absolute Gasteiger partial charge is 0.234 e. The van der Waals surface area contributed by atoms with Crippen LogP contribution in [0.4, 0.5) is 5.69 Å². The van der Waals surface area contributed by atoms with E-state index in [0.717, 1.165) is 20.9 Å². The lowest BCUT2D eigenvalue weighted by Gasteiger charge is -2.40. The van der Waals surface area contributed by atoms with Gasteiger partial charge in [0.25, 0.3) is 0 Å². The predicted octanol–water partition coefficient (Wildman–Crippen LogP) is 4.45. The fraction of sp³-hybridized carbons (Fsp3) is 0.421. The largest absolute Gasteiger partial charge is 0.352 e. The number of hydrogen-bond acceptors (Lipinski definition) is 4. The van der Waals surface area contributed by atoms with Crippen molar-refractivity contribution in [2.24, 2.45) is 0 Å². The van der Waals surface area contributed by atoms with Gasteiger partial charge < -0.3 is 10.2 Å². The average molecular weight is 374 g/mol. The first-order chi connectivity index (χ1) is 12.1. The van der Waals surface area contributed by atoms with Gasteiger partial charge in [0.05, 0.1) is 17.0 Å². The number of thioether (sulfide) groups is 1. The van der Waals surface area contributed by atoms with Crippen LogP contribution in [-0.4, -0.2) is 37.9 Å². The van der Waals surface area contributed by atoms with Gasteiger partial charge in [-0.25, -0.2) is 0 Å². The third-order valence-corrected chi connectivity index (χ3v) is 6.08. The number of amides is 1. The highest BCUT2D eigenvalue weighted by Gasteiger charge is 2.27.